The van der Waals surface area contributed by atoms with Crippen LogP contribution in [-0.4, -0.2) is 114 Å². The minimum Gasteiger partial charge on any atom is -0.304 e. The van der Waals surface area contributed by atoms with Crippen molar-refractivity contribution in [3.63, 3.8) is 0 Å². The van der Waals surface area contributed by atoms with E-state index in [0.717, 1.165) is 51.5 Å². The second-order valence-corrected chi connectivity index (χ2v) is 8.57. The van der Waals surface area contributed by atoms with Gasteiger partial charge in [0.2, 0.25) is 0 Å². The van der Waals surface area contributed by atoms with Gasteiger partial charge in [-0.2, -0.15) is 0 Å². The molecule has 0 aromatic rings. The number of aliphatic imine (C=N–C) groups is 1. The first-order chi connectivity index (χ1) is 13.9. The molecule has 3 heterocycles. The number of hydrogen-bond acceptors (Lipinski definition) is 5. The number of carbonyl (C=O) groups is 2. The first-order valence-electron chi connectivity index (χ1n) is 11.1. The zero-order chi connectivity index (χ0) is 21.0. The van der Waals surface area contributed by atoms with Gasteiger partial charge in [0.25, 0.3) is 17.8 Å². The van der Waals surface area contributed by atoms with Crippen molar-refractivity contribution < 1.29 is 14.2 Å². The summed E-state index contributed by atoms with van der Waals surface area (Å²) in [6.07, 6.45) is 7.26. The maximum Gasteiger partial charge on any atom is 0.333 e. The van der Waals surface area contributed by atoms with Crippen LogP contribution in [0.2, 0.25) is 0 Å². The predicted molar refractivity (Wildman–Crippen MR) is 115 cm³/mol. The highest BCUT2D eigenvalue weighted by atomic mass is 16.2. The van der Waals surface area contributed by atoms with E-state index in [0.29, 0.717) is 5.84 Å². The van der Waals surface area contributed by atoms with Crippen LogP contribution in [0.3, 0.4) is 0 Å². The number of imide groups is 1. The first-order valence-corrected chi connectivity index (χ1v) is 11.1. The minimum atomic E-state index is -0.458. The monoisotopic (exact) mass is 405 g/mol. The van der Waals surface area contributed by atoms with Crippen molar-refractivity contribution >= 4 is 23.6 Å². The number of rotatable bonds is 9. The van der Waals surface area contributed by atoms with E-state index in [1.807, 2.05) is 0 Å². The number of hydrogen-bond donors (Lipinski definition) is 0. The number of piperazine rings is 1. The molecule has 3 amide bonds. The molecular formula is C21H37N6O2+. The Balaban J connectivity index is 1.74. The van der Waals surface area contributed by atoms with Crippen molar-refractivity contribution in [1.82, 2.24) is 19.6 Å². The van der Waals surface area contributed by atoms with Gasteiger partial charge in [-0.15, -0.1) is 0 Å². The number of urea groups is 1. The highest BCUT2D eigenvalue weighted by Gasteiger charge is 2.52. The summed E-state index contributed by atoms with van der Waals surface area (Å²) in [7, 11) is 5.44. The number of amides is 3. The predicted octanol–water partition coefficient (Wildman–Crippen LogP) is 1.31. The molecule has 0 N–H and O–H groups in total. The fraction of sp³-hybridized carbons (Fsp3) is 0.810. The van der Waals surface area contributed by atoms with Crippen molar-refractivity contribution in [1.29, 1.82) is 0 Å². The van der Waals surface area contributed by atoms with E-state index < -0.39 is 6.04 Å². The molecule has 0 aromatic carbocycles. The minimum absolute atomic E-state index is 0.161. The Hall–Kier alpha value is -1.80. The van der Waals surface area contributed by atoms with Crippen LogP contribution in [0.5, 0.6) is 0 Å². The molecule has 1 unspecified atom stereocenters. The van der Waals surface area contributed by atoms with E-state index in [1.165, 1.54) is 41.9 Å². The number of unbranched alkanes of at least 4 members (excludes halogenated alkanes) is 5. The molecular weight excluding hydrogens is 368 g/mol. The Morgan fingerprint density at radius 3 is 2.28 bits per heavy atom. The topological polar surface area (TPSA) is 62.5 Å². The lowest BCUT2D eigenvalue weighted by atomic mass is 10.1. The maximum atomic E-state index is 13.0. The van der Waals surface area contributed by atoms with E-state index in [-0.39, 0.29) is 11.9 Å². The molecule has 29 heavy (non-hydrogen) atoms. The second-order valence-electron chi connectivity index (χ2n) is 8.57. The van der Waals surface area contributed by atoms with E-state index in [2.05, 4.69) is 28.3 Å². The second kappa shape index (κ2) is 9.80. The average molecular weight is 406 g/mol. The summed E-state index contributed by atoms with van der Waals surface area (Å²) in [5, 5.41) is 0. The van der Waals surface area contributed by atoms with Crippen molar-refractivity contribution in [2.45, 2.75) is 51.5 Å². The molecule has 162 valence electrons. The van der Waals surface area contributed by atoms with Crippen LogP contribution in [0.1, 0.15) is 45.4 Å². The van der Waals surface area contributed by atoms with Crippen molar-refractivity contribution in [2.24, 2.45) is 4.99 Å². The van der Waals surface area contributed by atoms with Gasteiger partial charge in [-0.3, -0.25) is 19.5 Å². The van der Waals surface area contributed by atoms with E-state index >= 15 is 0 Å². The molecule has 8 nitrogen and oxygen atoms in total. The number of nitrogens with zero attached hydrogens (tertiary/aromatic N) is 6. The number of carbonyl (C=O) groups excluding carboxylic acids is 2. The molecule has 3 rings (SSSR count). The Morgan fingerprint density at radius 1 is 0.931 bits per heavy atom. The smallest absolute Gasteiger partial charge is 0.304 e. The summed E-state index contributed by atoms with van der Waals surface area (Å²) in [4.78, 5) is 37.7. The van der Waals surface area contributed by atoms with E-state index in [1.54, 1.807) is 14.1 Å². The van der Waals surface area contributed by atoms with Gasteiger partial charge >= 0.3 is 11.9 Å². The molecule has 8 heteroatoms. The Morgan fingerprint density at radius 2 is 1.59 bits per heavy atom. The lowest BCUT2D eigenvalue weighted by Crippen LogP contribution is -2.61. The molecule has 0 saturated carbocycles. The van der Waals surface area contributed by atoms with Crippen LogP contribution in [0, 0.1) is 0 Å². The lowest BCUT2D eigenvalue weighted by molar-refractivity contribution is -0.537. The summed E-state index contributed by atoms with van der Waals surface area (Å²) >= 11 is 0. The Labute approximate surface area is 174 Å². The third-order valence-electron chi connectivity index (χ3n) is 6.33. The molecule has 1 atom stereocenters. The molecule has 0 aromatic heterocycles. The van der Waals surface area contributed by atoms with Gasteiger partial charge in [0.1, 0.15) is 6.54 Å². The third-order valence-corrected chi connectivity index (χ3v) is 6.33. The third kappa shape index (κ3) is 4.86. The molecule has 3 aliphatic rings. The molecule has 3 aliphatic heterocycles. The molecule has 0 radical (unpaired) electrons. The highest BCUT2D eigenvalue weighted by molar-refractivity contribution is 6.23. The maximum absolute atomic E-state index is 13.0. The SMILES string of the molecule is CCCCCCCC[N+]1=C(CN2CCN(C)CC2)N=C2C1C(=O)N(C)C(=O)N2C. The summed E-state index contributed by atoms with van der Waals surface area (Å²) in [5.41, 5.74) is 0. The van der Waals surface area contributed by atoms with Gasteiger partial charge < -0.3 is 4.90 Å². The summed E-state index contributed by atoms with van der Waals surface area (Å²) in [6, 6.07) is -0.758. The van der Waals surface area contributed by atoms with Crippen LogP contribution in [0.15, 0.2) is 4.99 Å². The van der Waals surface area contributed by atoms with Crippen LogP contribution in [0.4, 0.5) is 4.79 Å². The van der Waals surface area contributed by atoms with Crippen molar-refractivity contribution in [3.05, 3.63) is 0 Å². The fourth-order valence-corrected chi connectivity index (χ4v) is 4.30. The molecule has 0 spiro atoms. The van der Waals surface area contributed by atoms with Crippen molar-refractivity contribution in [2.75, 3.05) is 60.4 Å². The largest absolute Gasteiger partial charge is 0.333 e. The average Bonchev–Trinajstić information content (AvgIpc) is 3.07. The standard InChI is InChI=1S/C21H37N6O2/c1-5-6-7-8-9-10-11-27-17(16-26-14-12-23(2)13-15-26)22-19-18(27)20(28)25(4)21(29)24(19)3/h18H,5-16H2,1-4H3/q+1. The van der Waals surface area contributed by atoms with Crippen molar-refractivity contribution in [3.8, 4) is 0 Å². The Kier molecular flexibility index (Phi) is 7.40. The zero-order valence-corrected chi connectivity index (χ0v) is 18.6. The van der Waals surface area contributed by atoms with Crippen LogP contribution in [-0.2, 0) is 4.79 Å². The Bertz CT molecular complexity index is 681. The zero-order valence-electron chi connectivity index (χ0n) is 18.6. The molecule has 2 saturated heterocycles. The van der Waals surface area contributed by atoms with Gasteiger partial charge in [-0.05, 0) is 24.9 Å². The lowest BCUT2D eigenvalue weighted by Gasteiger charge is -2.31. The highest BCUT2D eigenvalue weighted by Crippen LogP contribution is 2.20. The quantitative estimate of drug-likeness (QED) is 0.429. The van der Waals surface area contributed by atoms with Crippen LogP contribution >= 0.6 is 0 Å². The van der Waals surface area contributed by atoms with Gasteiger partial charge in [-0.25, -0.2) is 9.37 Å². The number of fused-ring (bicyclic) bond motifs is 1. The van der Waals surface area contributed by atoms with E-state index in [9.17, 15) is 9.59 Å². The van der Waals surface area contributed by atoms with Gasteiger partial charge in [-0.1, -0.05) is 32.6 Å². The number of likely N-dealkylation sites (N-methyl/N-ethyl adjacent to an activating group) is 3. The molecule has 0 aliphatic carbocycles. The van der Waals surface area contributed by atoms with Gasteiger partial charge in [0.05, 0.1) is 6.54 Å². The number of amidine groups is 2. The van der Waals surface area contributed by atoms with Gasteiger partial charge in [0.15, 0.2) is 0 Å². The molecule has 2 fully saturated rings. The fourth-order valence-electron chi connectivity index (χ4n) is 4.30. The summed E-state index contributed by atoms with van der Waals surface area (Å²) in [5.74, 6) is 1.37. The summed E-state index contributed by atoms with van der Waals surface area (Å²) < 4.78 is 2.16. The normalized spacial score (nSPS) is 23.9. The first kappa shape index (κ1) is 21.9. The van der Waals surface area contributed by atoms with E-state index in [4.69, 9.17) is 4.99 Å². The summed E-state index contributed by atoms with van der Waals surface area (Å²) in [6.45, 7) is 7.88. The van der Waals surface area contributed by atoms with Crippen LogP contribution in [0.25, 0.3) is 0 Å². The molecule has 0 bridgehead atoms. The van der Waals surface area contributed by atoms with Gasteiger partial charge in [0, 0.05) is 40.3 Å². The van der Waals surface area contributed by atoms with Crippen LogP contribution < -0.4 is 0 Å².